The molecule has 98 valence electrons. The van der Waals surface area contributed by atoms with Crippen molar-refractivity contribution in [3.05, 3.63) is 72.2 Å². The Morgan fingerprint density at radius 1 is 0.810 bits per heavy atom. The van der Waals surface area contributed by atoms with Crippen molar-refractivity contribution >= 4 is 21.5 Å². The summed E-state index contributed by atoms with van der Waals surface area (Å²) in [6.45, 7) is 0. The number of fused-ring (bicyclic) bond motifs is 4. The van der Waals surface area contributed by atoms with Gasteiger partial charge in [0.25, 0.3) is 0 Å². The van der Waals surface area contributed by atoms with Crippen molar-refractivity contribution in [3.8, 4) is 11.3 Å². The van der Waals surface area contributed by atoms with Gasteiger partial charge in [-0.15, -0.1) is 0 Å². The fourth-order valence-corrected chi connectivity index (χ4v) is 3.47. The number of rotatable bonds is 0. The summed E-state index contributed by atoms with van der Waals surface area (Å²) in [4.78, 5) is 9.14. The Morgan fingerprint density at radius 2 is 1.71 bits per heavy atom. The first kappa shape index (κ1) is 11.0. The van der Waals surface area contributed by atoms with Crippen LogP contribution < -0.4 is 0 Å². The molecule has 4 aromatic rings. The topological polar surface area (TPSA) is 25.8 Å². The summed E-state index contributed by atoms with van der Waals surface area (Å²) >= 11 is 0. The van der Waals surface area contributed by atoms with Crippen LogP contribution in [0.25, 0.3) is 32.8 Å². The third-order valence-electron chi connectivity index (χ3n) is 4.39. The lowest BCUT2D eigenvalue weighted by Crippen LogP contribution is -2.04. The molecular weight excluding hydrogens is 256 g/mol. The Hall–Kier alpha value is -2.74. The summed E-state index contributed by atoms with van der Waals surface area (Å²) in [5.74, 6) is 0. The smallest absolute Gasteiger partial charge is 0.0750 e. The first-order valence-corrected chi connectivity index (χ1v) is 7.14. The Balaban J connectivity index is 1.98. The predicted octanol–water partition coefficient (Wildman–Crippen LogP) is 4.35. The van der Waals surface area contributed by atoms with Gasteiger partial charge in [0.15, 0.2) is 0 Å². The molecule has 5 rings (SSSR count). The highest BCUT2D eigenvalue weighted by atomic mass is 14.7. The molecule has 0 N–H and O–H groups in total. The summed E-state index contributed by atoms with van der Waals surface area (Å²) in [5, 5.41) is 5.01. The summed E-state index contributed by atoms with van der Waals surface area (Å²) in [6.07, 6.45) is 6.83. The van der Waals surface area contributed by atoms with Crippen LogP contribution in [0.15, 0.2) is 61.1 Å². The fraction of sp³-hybridized carbons (Fsp3) is 0.0526. The zero-order chi connectivity index (χ0) is 13.8. The van der Waals surface area contributed by atoms with Crippen molar-refractivity contribution in [2.75, 3.05) is 0 Å². The molecule has 0 saturated heterocycles. The summed E-state index contributed by atoms with van der Waals surface area (Å²) in [7, 11) is 0. The summed E-state index contributed by atoms with van der Waals surface area (Å²) in [5.41, 5.74) is 4.98. The van der Waals surface area contributed by atoms with Crippen molar-refractivity contribution in [2.24, 2.45) is 0 Å². The number of hydrogen-bond acceptors (Lipinski definition) is 2. The number of benzene rings is 2. The lowest BCUT2D eigenvalue weighted by Gasteiger charge is -2.20. The minimum Gasteiger partial charge on any atom is -0.264 e. The van der Waals surface area contributed by atoms with E-state index < -0.39 is 0 Å². The highest BCUT2D eigenvalue weighted by Crippen LogP contribution is 2.40. The molecule has 0 spiro atoms. The Morgan fingerprint density at radius 3 is 2.71 bits per heavy atom. The normalized spacial score (nSPS) is 12.6. The molecule has 0 bridgehead atoms. The second-order valence-corrected chi connectivity index (χ2v) is 5.55. The molecule has 1 aliphatic rings. The van der Waals surface area contributed by atoms with Crippen LogP contribution >= 0.6 is 0 Å². The van der Waals surface area contributed by atoms with Crippen molar-refractivity contribution < 1.29 is 0 Å². The Labute approximate surface area is 122 Å². The SMILES string of the molecule is c1ccc2c3c(ncc2c1)-c1cccc2cncc(c12)C3. The zero-order valence-electron chi connectivity index (χ0n) is 11.4. The third-order valence-corrected chi connectivity index (χ3v) is 4.39. The number of aromatic nitrogens is 2. The second-order valence-electron chi connectivity index (χ2n) is 5.55. The van der Waals surface area contributed by atoms with Crippen LogP contribution in [0.2, 0.25) is 0 Å². The van der Waals surface area contributed by atoms with Crippen LogP contribution in [0, 0.1) is 0 Å². The van der Waals surface area contributed by atoms with Crippen LogP contribution in [0.1, 0.15) is 11.1 Å². The molecule has 2 heterocycles. The van der Waals surface area contributed by atoms with Crippen LogP contribution in [0.3, 0.4) is 0 Å². The number of hydrogen-bond donors (Lipinski definition) is 0. The van der Waals surface area contributed by atoms with Crippen molar-refractivity contribution in [3.63, 3.8) is 0 Å². The van der Waals surface area contributed by atoms with Gasteiger partial charge in [-0.2, -0.15) is 0 Å². The van der Waals surface area contributed by atoms with E-state index in [-0.39, 0.29) is 0 Å². The molecular formula is C19H12N2. The maximum Gasteiger partial charge on any atom is 0.0750 e. The van der Waals surface area contributed by atoms with Gasteiger partial charge in [0.1, 0.15) is 0 Å². The van der Waals surface area contributed by atoms with Crippen LogP contribution in [-0.2, 0) is 6.42 Å². The van der Waals surface area contributed by atoms with E-state index in [1.807, 2.05) is 18.6 Å². The second kappa shape index (κ2) is 3.89. The quantitative estimate of drug-likeness (QED) is 0.417. The first-order valence-electron chi connectivity index (χ1n) is 7.14. The molecule has 0 amide bonds. The molecule has 0 aliphatic heterocycles. The maximum atomic E-state index is 4.75. The lowest BCUT2D eigenvalue weighted by atomic mass is 9.86. The van der Waals surface area contributed by atoms with E-state index in [1.54, 1.807) is 0 Å². The number of nitrogens with zero attached hydrogens (tertiary/aromatic N) is 2. The fourth-order valence-electron chi connectivity index (χ4n) is 3.47. The molecule has 2 heteroatoms. The monoisotopic (exact) mass is 268 g/mol. The molecule has 21 heavy (non-hydrogen) atoms. The highest BCUT2D eigenvalue weighted by Gasteiger charge is 2.21. The van der Waals surface area contributed by atoms with E-state index in [0.29, 0.717) is 0 Å². The maximum absolute atomic E-state index is 4.75. The number of pyridine rings is 2. The average molecular weight is 268 g/mol. The molecule has 0 unspecified atom stereocenters. The van der Waals surface area contributed by atoms with Gasteiger partial charge < -0.3 is 0 Å². The van der Waals surface area contributed by atoms with E-state index in [9.17, 15) is 0 Å². The van der Waals surface area contributed by atoms with E-state index in [4.69, 9.17) is 4.98 Å². The minimum absolute atomic E-state index is 0.908. The van der Waals surface area contributed by atoms with Gasteiger partial charge in [0.2, 0.25) is 0 Å². The van der Waals surface area contributed by atoms with Crippen molar-refractivity contribution in [1.29, 1.82) is 0 Å². The van der Waals surface area contributed by atoms with Crippen molar-refractivity contribution in [1.82, 2.24) is 9.97 Å². The van der Waals surface area contributed by atoms with Crippen LogP contribution in [-0.4, -0.2) is 9.97 Å². The largest absolute Gasteiger partial charge is 0.264 e. The highest BCUT2D eigenvalue weighted by molar-refractivity contribution is 6.03. The summed E-state index contributed by atoms with van der Waals surface area (Å²) < 4.78 is 0. The van der Waals surface area contributed by atoms with E-state index in [0.717, 1.165) is 12.1 Å². The Kier molecular flexibility index (Phi) is 2.03. The van der Waals surface area contributed by atoms with Gasteiger partial charge in [-0.25, -0.2) is 0 Å². The first-order chi connectivity index (χ1) is 10.4. The Bertz CT molecular complexity index is 1010. The molecule has 2 aromatic heterocycles. The van der Waals surface area contributed by atoms with Gasteiger partial charge in [-0.3, -0.25) is 9.97 Å². The van der Waals surface area contributed by atoms with Gasteiger partial charge in [-0.1, -0.05) is 42.5 Å². The van der Waals surface area contributed by atoms with Crippen LogP contribution in [0.4, 0.5) is 0 Å². The zero-order valence-corrected chi connectivity index (χ0v) is 11.4. The van der Waals surface area contributed by atoms with Crippen molar-refractivity contribution in [2.45, 2.75) is 6.42 Å². The lowest BCUT2D eigenvalue weighted by molar-refractivity contribution is 1.14. The molecule has 0 saturated carbocycles. The van der Waals surface area contributed by atoms with Gasteiger partial charge in [0.05, 0.1) is 5.69 Å². The molecule has 0 atom stereocenters. The third kappa shape index (κ3) is 1.42. The van der Waals surface area contributed by atoms with E-state index in [1.165, 1.54) is 38.2 Å². The molecule has 0 radical (unpaired) electrons. The standard InChI is InChI=1S/C19H12N2/c1-2-6-15-12(4-1)11-21-19-16-7-3-5-13-9-20-10-14(18(13)16)8-17(15)19/h1-7,9-11H,8H2. The van der Waals surface area contributed by atoms with Crippen LogP contribution in [0.5, 0.6) is 0 Å². The molecule has 2 aromatic carbocycles. The molecule has 0 fully saturated rings. The van der Waals surface area contributed by atoms with Gasteiger partial charge in [0, 0.05) is 41.3 Å². The average Bonchev–Trinajstić information content (AvgIpc) is 2.55. The van der Waals surface area contributed by atoms with E-state index >= 15 is 0 Å². The molecule has 2 nitrogen and oxygen atoms in total. The van der Waals surface area contributed by atoms with E-state index in [2.05, 4.69) is 47.4 Å². The predicted molar refractivity (Wildman–Crippen MR) is 85.3 cm³/mol. The minimum atomic E-state index is 0.908. The molecule has 1 aliphatic carbocycles. The van der Waals surface area contributed by atoms with Gasteiger partial charge >= 0.3 is 0 Å². The van der Waals surface area contributed by atoms with Gasteiger partial charge in [-0.05, 0) is 21.9 Å². The summed E-state index contributed by atoms with van der Waals surface area (Å²) in [6, 6.07) is 14.9.